The zero-order valence-electron chi connectivity index (χ0n) is 10.7. The lowest BCUT2D eigenvalue weighted by atomic mass is 9.83. The summed E-state index contributed by atoms with van der Waals surface area (Å²) in [5.74, 6) is -1.48. The van der Waals surface area contributed by atoms with Gasteiger partial charge < -0.3 is 25.2 Å². The van der Waals surface area contributed by atoms with Gasteiger partial charge in [-0.15, -0.1) is 0 Å². The normalized spacial score (nSPS) is 15.6. The molecule has 1 aromatic rings. The Morgan fingerprint density at radius 3 is 2.63 bits per heavy atom. The SMILES string of the molecule is CCC(O)(c1ccnc(OC)c1CO)C(O)C(=O)O. The Kier molecular flexibility index (Phi) is 4.82. The molecule has 0 saturated carbocycles. The van der Waals surface area contributed by atoms with Gasteiger partial charge in [0.05, 0.1) is 13.7 Å². The lowest BCUT2D eigenvalue weighted by Gasteiger charge is -2.31. The van der Waals surface area contributed by atoms with Crippen LogP contribution in [-0.2, 0) is 17.0 Å². The topological polar surface area (TPSA) is 120 Å². The third kappa shape index (κ3) is 2.67. The van der Waals surface area contributed by atoms with Crippen molar-refractivity contribution < 1.29 is 30.0 Å². The molecule has 4 N–H and O–H groups in total. The molecule has 19 heavy (non-hydrogen) atoms. The summed E-state index contributed by atoms with van der Waals surface area (Å²) in [7, 11) is 1.34. The molecule has 1 heterocycles. The number of aliphatic carboxylic acids is 1. The van der Waals surface area contributed by atoms with Gasteiger partial charge in [0.15, 0.2) is 6.10 Å². The Bertz CT molecular complexity index is 464. The lowest BCUT2D eigenvalue weighted by molar-refractivity contribution is -0.165. The first-order valence-corrected chi connectivity index (χ1v) is 5.68. The quantitative estimate of drug-likeness (QED) is 0.557. The van der Waals surface area contributed by atoms with Crippen molar-refractivity contribution in [1.82, 2.24) is 4.98 Å². The Morgan fingerprint density at radius 2 is 2.21 bits per heavy atom. The second-order valence-corrected chi connectivity index (χ2v) is 4.02. The summed E-state index contributed by atoms with van der Waals surface area (Å²) >= 11 is 0. The number of aliphatic hydroxyl groups excluding tert-OH is 2. The zero-order chi connectivity index (χ0) is 14.6. The molecule has 0 amide bonds. The predicted octanol–water partition coefficient (Wildman–Crippen LogP) is -0.374. The molecule has 0 fully saturated rings. The molecule has 0 saturated heterocycles. The van der Waals surface area contributed by atoms with Crippen molar-refractivity contribution in [2.45, 2.75) is 31.7 Å². The summed E-state index contributed by atoms with van der Waals surface area (Å²) in [5.41, 5.74) is -1.80. The number of carbonyl (C=O) groups is 1. The first-order valence-electron chi connectivity index (χ1n) is 5.68. The van der Waals surface area contributed by atoms with Gasteiger partial charge in [-0.25, -0.2) is 9.78 Å². The molecule has 1 aromatic heterocycles. The van der Waals surface area contributed by atoms with Crippen LogP contribution in [0.3, 0.4) is 0 Å². The fourth-order valence-corrected chi connectivity index (χ4v) is 1.94. The van der Waals surface area contributed by atoms with Gasteiger partial charge in [0, 0.05) is 11.8 Å². The van der Waals surface area contributed by atoms with Crippen LogP contribution >= 0.6 is 0 Å². The van der Waals surface area contributed by atoms with E-state index in [2.05, 4.69) is 4.98 Å². The van der Waals surface area contributed by atoms with Crippen LogP contribution in [0, 0.1) is 0 Å². The summed E-state index contributed by atoms with van der Waals surface area (Å²) in [6, 6.07) is 1.35. The number of rotatable bonds is 6. The van der Waals surface area contributed by atoms with Crippen LogP contribution in [-0.4, -0.2) is 44.6 Å². The molecule has 0 aliphatic carbocycles. The van der Waals surface area contributed by atoms with E-state index in [1.165, 1.54) is 26.3 Å². The standard InChI is InChI=1S/C12H17NO6/c1-3-12(18,9(15)11(16)17)8-4-5-13-10(19-2)7(8)6-14/h4-5,9,14-15,18H,3,6H2,1-2H3,(H,16,17). The van der Waals surface area contributed by atoms with Crippen molar-refractivity contribution in [2.75, 3.05) is 7.11 Å². The molecular weight excluding hydrogens is 254 g/mol. The van der Waals surface area contributed by atoms with Crippen LogP contribution in [0.5, 0.6) is 5.88 Å². The van der Waals surface area contributed by atoms with Crippen LogP contribution in [0.15, 0.2) is 12.3 Å². The molecule has 0 aliphatic heterocycles. The van der Waals surface area contributed by atoms with Crippen molar-refractivity contribution in [3.8, 4) is 5.88 Å². The van der Waals surface area contributed by atoms with Crippen LogP contribution in [0.1, 0.15) is 24.5 Å². The number of aromatic nitrogens is 1. The number of aliphatic hydroxyl groups is 3. The average Bonchev–Trinajstić information content (AvgIpc) is 2.44. The molecule has 2 atom stereocenters. The van der Waals surface area contributed by atoms with E-state index in [-0.39, 0.29) is 23.4 Å². The van der Waals surface area contributed by atoms with Crippen molar-refractivity contribution >= 4 is 5.97 Å². The summed E-state index contributed by atoms with van der Waals surface area (Å²) in [6.07, 6.45) is -0.765. The molecule has 2 unspecified atom stereocenters. The molecular formula is C12H17NO6. The number of methoxy groups -OCH3 is 1. The number of hydrogen-bond acceptors (Lipinski definition) is 6. The highest BCUT2D eigenvalue weighted by Crippen LogP contribution is 2.34. The maximum Gasteiger partial charge on any atom is 0.335 e. The van der Waals surface area contributed by atoms with Crippen LogP contribution in [0.25, 0.3) is 0 Å². The summed E-state index contributed by atoms with van der Waals surface area (Å²) in [6.45, 7) is 1.03. The van der Waals surface area contributed by atoms with Crippen molar-refractivity contribution in [3.63, 3.8) is 0 Å². The maximum absolute atomic E-state index is 10.9. The fraction of sp³-hybridized carbons (Fsp3) is 0.500. The average molecular weight is 271 g/mol. The van der Waals surface area contributed by atoms with Gasteiger partial charge in [-0.3, -0.25) is 0 Å². The molecule has 7 heteroatoms. The van der Waals surface area contributed by atoms with Gasteiger partial charge in [-0.2, -0.15) is 0 Å². The van der Waals surface area contributed by atoms with E-state index in [1.807, 2.05) is 0 Å². The Morgan fingerprint density at radius 1 is 1.58 bits per heavy atom. The largest absolute Gasteiger partial charge is 0.481 e. The minimum Gasteiger partial charge on any atom is -0.481 e. The second kappa shape index (κ2) is 5.96. The van der Waals surface area contributed by atoms with Crippen LogP contribution in [0.2, 0.25) is 0 Å². The number of hydrogen-bond donors (Lipinski definition) is 4. The number of carboxylic acids is 1. The van der Waals surface area contributed by atoms with E-state index in [1.54, 1.807) is 0 Å². The monoisotopic (exact) mass is 271 g/mol. The van der Waals surface area contributed by atoms with E-state index >= 15 is 0 Å². The number of pyridine rings is 1. The third-order valence-electron chi connectivity index (χ3n) is 3.06. The Hall–Kier alpha value is -1.70. The van der Waals surface area contributed by atoms with Gasteiger partial charge in [-0.1, -0.05) is 6.92 Å². The molecule has 0 spiro atoms. The smallest absolute Gasteiger partial charge is 0.335 e. The van der Waals surface area contributed by atoms with Gasteiger partial charge in [-0.05, 0) is 18.1 Å². The van der Waals surface area contributed by atoms with Gasteiger partial charge in [0.1, 0.15) is 5.60 Å². The van der Waals surface area contributed by atoms with Crippen molar-refractivity contribution in [1.29, 1.82) is 0 Å². The molecule has 106 valence electrons. The maximum atomic E-state index is 10.9. The summed E-state index contributed by atoms with van der Waals surface area (Å²) < 4.78 is 4.95. The van der Waals surface area contributed by atoms with Crippen molar-refractivity contribution in [3.05, 3.63) is 23.4 Å². The molecule has 1 rings (SSSR count). The van der Waals surface area contributed by atoms with Crippen molar-refractivity contribution in [2.24, 2.45) is 0 Å². The second-order valence-electron chi connectivity index (χ2n) is 4.02. The third-order valence-corrected chi connectivity index (χ3v) is 3.06. The lowest BCUT2D eigenvalue weighted by Crippen LogP contribution is -2.45. The summed E-state index contributed by atoms with van der Waals surface area (Å²) in [4.78, 5) is 14.8. The summed E-state index contributed by atoms with van der Waals surface area (Å²) in [5, 5.41) is 38.4. The van der Waals surface area contributed by atoms with Crippen LogP contribution < -0.4 is 4.74 Å². The number of ether oxygens (including phenoxy) is 1. The first kappa shape index (κ1) is 15.4. The zero-order valence-corrected chi connectivity index (χ0v) is 10.7. The first-order chi connectivity index (χ1) is 8.92. The van der Waals surface area contributed by atoms with Gasteiger partial charge in [0.25, 0.3) is 0 Å². The fourth-order valence-electron chi connectivity index (χ4n) is 1.94. The minimum atomic E-state index is -2.03. The molecule has 7 nitrogen and oxygen atoms in total. The predicted molar refractivity (Wildman–Crippen MR) is 64.5 cm³/mol. The molecule has 0 aromatic carbocycles. The molecule has 0 bridgehead atoms. The Balaban J connectivity index is 3.44. The highest BCUT2D eigenvalue weighted by atomic mass is 16.5. The van der Waals surface area contributed by atoms with E-state index in [0.29, 0.717) is 0 Å². The van der Waals surface area contributed by atoms with E-state index < -0.39 is 24.3 Å². The Labute approximate surface area is 110 Å². The highest BCUT2D eigenvalue weighted by Gasteiger charge is 2.42. The van der Waals surface area contributed by atoms with Gasteiger partial charge >= 0.3 is 5.97 Å². The minimum absolute atomic E-state index is 0.0549. The van der Waals surface area contributed by atoms with E-state index in [0.717, 1.165) is 0 Å². The number of carboxylic acid groups (broad SMARTS) is 1. The molecule has 0 radical (unpaired) electrons. The van der Waals surface area contributed by atoms with Gasteiger partial charge in [0.2, 0.25) is 5.88 Å². The molecule has 0 aliphatic rings. The highest BCUT2D eigenvalue weighted by molar-refractivity contribution is 5.74. The number of nitrogens with zero attached hydrogens (tertiary/aromatic N) is 1. The van der Waals surface area contributed by atoms with Crippen LogP contribution in [0.4, 0.5) is 0 Å². The van der Waals surface area contributed by atoms with E-state index in [4.69, 9.17) is 9.84 Å². The van der Waals surface area contributed by atoms with E-state index in [9.17, 15) is 20.1 Å².